The number of carbonyl (C=O) groups excluding carboxylic acids is 3. The van der Waals surface area contributed by atoms with Gasteiger partial charge in [-0.15, -0.1) is 0 Å². The molecular weight excluding hydrogens is 747 g/mol. The summed E-state index contributed by atoms with van der Waals surface area (Å²) in [4.78, 5) is 38.8. The van der Waals surface area contributed by atoms with Gasteiger partial charge in [-0.1, -0.05) is 28.1 Å². The molecule has 3 aromatic rings. The van der Waals surface area contributed by atoms with Crippen LogP contribution in [0.15, 0.2) is 79.7 Å². The maximum atomic E-state index is 13.1. The van der Waals surface area contributed by atoms with Crippen LogP contribution in [0.2, 0.25) is 0 Å². The van der Waals surface area contributed by atoms with Gasteiger partial charge in [0.1, 0.15) is 17.9 Å². The Morgan fingerprint density at radius 2 is 1.53 bits per heavy atom. The van der Waals surface area contributed by atoms with Gasteiger partial charge < -0.3 is 4.74 Å². The lowest BCUT2D eigenvalue weighted by Gasteiger charge is -2.26. The summed E-state index contributed by atoms with van der Waals surface area (Å²) >= 11 is 12.6. The van der Waals surface area contributed by atoms with Crippen LogP contribution in [-0.4, -0.2) is 17.8 Å². The number of imide groups is 2. The Bertz CT molecular complexity index is 1300. The van der Waals surface area contributed by atoms with Crippen molar-refractivity contribution in [3.63, 3.8) is 0 Å². The molecule has 0 aliphatic carbocycles. The van der Waals surface area contributed by atoms with Crippen LogP contribution < -0.4 is 15.0 Å². The van der Waals surface area contributed by atoms with Gasteiger partial charge in [0.15, 0.2) is 0 Å². The fourth-order valence-corrected chi connectivity index (χ4v) is 5.26. The van der Waals surface area contributed by atoms with Crippen molar-refractivity contribution in [3.05, 3.63) is 94.4 Å². The van der Waals surface area contributed by atoms with E-state index in [9.17, 15) is 14.4 Å². The largest absolute Gasteiger partial charge is 0.487 e. The molecule has 1 aliphatic heterocycles. The Hall–Kier alpha value is -2.02. The minimum atomic E-state index is -0.795. The molecule has 172 valence electrons. The third-order valence-corrected chi connectivity index (χ3v) is 7.24. The number of anilines is 1. The maximum Gasteiger partial charge on any atom is 0.335 e. The topological polar surface area (TPSA) is 75.7 Å². The Balaban J connectivity index is 1.60. The molecule has 10 heteroatoms. The van der Waals surface area contributed by atoms with E-state index in [-0.39, 0.29) is 5.57 Å². The third-order valence-electron chi connectivity index (χ3n) is 4.81. The van der Waals surface area contributed by atoms with Crippen LogP contribution in [0, 0.1) is 3.57 Å². The zero-order valence-electron chi connectivity index (χ0n) is 17.2. The highest BCUT2D eigenvalue weighted by molar-refractivity contribution is 14.1. The first kappa shape index (κ1) is 25.1. The van der Waals surface area contributed by atoms with Crippen LogP contribution in [0.5, 0.6) is 5.75 Å². The Kier molecular flexibility index (Phi) is 7.90. The molecule has 0 radical (unpaired) electrons. The van der Waals surface area contributed by atoms with E-state index in [1.807, 2.05) is 24.3 Å². The monoisotopic (exact) mass is 758 g/mol. The fraction of sp³-hybridized carbons (Fsp3) is 0.0417. The minimum Gasteiger partial charge on any atom is -0.487 e. The van der Waals surface area contributed by atoms with Crippen molar-refractivity contribution in [2.45, 2.75) is 6.61 Å². The molecular formula is C24H14Br3IN2O4. The van der Waals surface area contributed by atoms with E-state index >= 15 is 0 Å². The minimum absolute atomic E-state index is 0.158. The molecule has 4 amide bonds. The number of nitrogens with one attached hydrogen (secondary N) is 1. The number of nitrogens with zero attached hydrogens (tertiary/aromatic N) is 1. The van der Waals surface area contributed by atoms with Gasteiger partial charge in [0.05, 0.1) is 14.6 Å². The van der Waals surface area contributed by atoms with Crippen LogP contribution >= 0.6 is 70.4 Å². The zero-order chi connectivity index (χ0) is 24.4. The molecule has 0 bridgehead atoms. The van der Waals surface area contributed by atoms with Crippen LogP contribution in [0.4, 0.5) is 10.5 Å². The number of halogens is 4. The van der Waals surface area contributed by atoms with Crippen molar-refractivity contribution in [2.24, 2.45) is 0 Å². The van der Waals surface area contributed by atoms with E-state index in [1.54, 1.807) is 36.4 Å². The summed E-state index contributed by atoms with van der Waals surface area (Å²) in [6.45, 7) is 0.375. The van der Waals surface area contributed by atoms with E-state index in [0.29, 0.717) is 32.6 Å². The number of hydrogen-bond acceptors (Lipinski definition) is 4. The molecule has 0 atom stereocenters. The van der Waals surface area contributed by atoms with Crippen molar-refractivity contribution >= 4 is 100.0 Å². The molecule has 1 N–H and O–H groups in total. The number of benzene rings is 3. The predicted molar refractivity (Wildman–Crippen MR) is 148 cm³/mol. The van der Waals surface area contributed by atoms with Crippen LogP contribution in [0.1, 0.15) is 11.1 Å². The molecule has 0 saturated carbocycles. The maximum absolute atomic E-state index is 13.1. The van der Waals surface area contributed by atoms with E-state index in [2.05, 4.69) is 75.7 Å². The highest BCUT2D eigenvalue weighted by atomic mass is 127. The standard InChI is InChI=1S/C24H14Br3IN2O4/c25-15-3-7-17(8-4-15)30-23(32)18(22(31)29-24(30)33)9-14-10-19(26)21(20(27)11-14)34-12-13-1-5-16(28)6-2-13/h1-11H,12H2,(H,29,31,33)/b18-9+. The van der Waals surface area contributed by atoms with E-state index in [0.717, 1.165) is 18.5 Å². The normalized spacial score (nSPS) is 15.0. The smallest absolute Gasteiger partial charge is 0.335 e. The first-order valence-corrected chi connectivity index (χ1v) is 13.2. The predicted octanol–water partition coefficient (Wildman–Crippen LogP) is 6.82. The Morgan fingerprint density at radius 1 is 0.912 bits per heavy atom. The number of urea groups is 1. The second kappa shape index (κ2) is 10.7. The molecule has 1 heterocycles. The van der Waals surface area contributed by atoms with Crippen LogP contribution in [-0.2, 0) is 16.2 Å². The number of ether oxygens (including phenoxy) is 1. The lowest BCUT2D eigenvalue weighted by Crippen LogP contribution is -2.54. The van der Waals surface area contributed by atoms with E-state index in [1.165, 1.54) is 6.08 Å². The van der Waals surface area contributed by atoms with Crippen LogP contribution in [0.25, 0.3) is 6.08 Å². The van der Waals surface area contributed by atoms with Gasteiger partial charge in [-0.3, -0.25) is 14.9 Å². The summed E-state index contributed by atoms with van der Waals surface area (Å²) in [5.41, 5.74) is 1.79. The second-order valence-corrected chi connectivity index (χ2v) is 11.0. The van der Waals surface area contributed by atoms with Crippen molar-refractivity contribution in [2.75, 3.05) is 4.90 Å². The average molecular weight is 761 g/mol. The van der Waals surface area contributed by atoms with Gasteiger partial charge in [-0.2, -0.15) is 0 Å². The van der Waals surface area contributed by atoms with Gasteiger partial charge in [0.2, 0.25) is 0 Å². The molecule has 34 heavy (non-hydrogen) atoms. The molecule has 4 rings (SSSR count). The molecule has 0 aromatic heterocycles. The summed E-state index contributed by atoms with van der Waals surface area (Å²) in [5, 5.41) is 2.22. The highest BCUT2D eigenvalue weighted by Crippen LogP contribution is 2.36. The lowest BCUT2D eigenvalue weighted by molar-refractivity contribution is -0.122. The van der Waals surface area contributed by atoms with Gasteiger partial charge in [-0.05, 0) is 120 Å². The number of amides is 4. The third kappa shape index (κ3) is 5.61. The van der Waals surface area contributed by atoms with Crippen molar-refractivity contribution in [1.82, 2.24) is 5.32 Å². The van der Waals surface area contributed by atoms with Gasteiger partial charge in [0.25, 0.3) is 11.8 Å². The van der Waals surface area contributed by atoms with Gasteiger partial charge in [-0.25, -0.2) is 9.69 Å². The summed E-state index contributed by atoms with van der Waals surface area (Å²) in [6, 6.07) is 17.3. The molecule has 1 aliphatic rings. The highest BCUT2D eigenvalue weighted by Gasteiger charge is 2.36. The number of carbonyl (C=O) groups is 3. The van der Waals surface area contributed by atoms with Gasteiger partial charge in [0, 0.05) is 8.04 Å². The summed E-state index contributed by atoms with van der Waals surface area (Å²) in [7, 11) is 0. The molecule has 1 saturated heterocycles. The Morgan fingerprint density at radius 3 is 2.15 bits per heavy atom. The number of rotatable bonds is 5. The Labute approximate surface area is 234 Å². The van der Waals surface area contributed by atoms with E-state index < -0.39 is 17.8 Å². The second-order valence-electron chi connectivity index (χ2n) is 7.16. The molecule has 0 spiro atoms. The number of hydrogen-bond donors (Lipinski definition) is 1. The molecule has 1 fully saturated rings. The molecule has 0 unspecified atom stereocenters. The first-order chi connectivity index (χ1) is 16.2. The van der Waals surface area contributed by atoms with Crippen molar-refractivity contribution < 1.29 is 19.1 Å². The average Bonchev–Trinajstić information content (AvgIpc) is 2.78. The van der Waals surface area contributed by atoms with Crippen molar-refractivity contribution in [1.29, 1.82) is 0 Å². The van der Waals surface area contributed by atoms with Crippen molar-refractivity contribution in [3.8, 4) is 5.75 Å². The van der Waals surface area contributed by atoms with Gasteiger partial charge >= 0.3 is 6.03 Å². The summed E-state index contributed by atoms with van der Waals surface area (Å²) < 4.78 is 9.18. The number of barbiturate groups is 1. The lowest BCUT2D eigenvalue weighted by atomic mass is 10.1. The first-order valence-electron chi connectivity index (χ1n) is 9.76. The summed E-state index contributed by atoms with van der Waals surface area (Å²) in [6.07, 6.45) is 1.44. The zero-order valence-corrected chi connectivity index (χ0v) is 24.1. The molecule has 3 aromatic carbocycles. The van der Waals surface area contributed by atoms with Crippen LogP contribution in [0.3, 0.4) is 0 Å². The molecule has 6 nitrogen and oxygen atoms in total. The van der Waals surface area contributed by atoms with E-state index in [4.69, 9.17) is 4.74 Å². The fourth-order valence-electron chi connectivity index (χ4n) is 3.19. The summed E-state index contributed by atoms with van der Waals surface area (Å²) in [5.74, 6) is -0.871. The quantitative estimate of drug-likeness (QED) is 0.176. The SMILES string of the molecule is O=C1NC(=O)N(c2ccc(Br)cc2)C(=O)/C1=C/c1cc(Br)c(OCc2ccc(I)cc2)c(Br)c1.